The van der Waals surface area contributed by atoms with Crippen LogP contribution in [0.25, 0.3) is 78.1 Å². The molecule has 0 fully saturated rings. The molecular formula is C58H35N3O. The van der Waals surface area contributed by atoms with E-state index in [1.165, 1.54) is 22.3 Å². The van der Waals surface area contributed by atoms with Crippen LogP contribution in [0.2, 0.25) is 0 Å². The predicted molar refractivity (Wildman–Crippen MR) is 249 cm³/mol. The first-order valence-electron chi connectivity index (χ1n) is 20.9. The van der Waals surface area contributed by atoms with E-state index >= 15 is 0 Å². The van der Waals surface area contributed by atoms with Gasteiger partial charge in [-0.25, -0.2) is 9.97 Å². The molecule has 1 aliphatic heterocycles. The molecular weight excluding hydrogens is 755 g/mol. The molecule has 0 atom stereocenters. The molecule has 4 heteroatoms. The van der Waals surface area contributed by atoms with Crippen molar-refractivity contribution >= 4 is 10.8 Å². The summed E-state index contributed by atoms with van der Waals surface area (Å²) in [6.45, 7) is 0. The van der Waals surface area contributed by atoms with E-state index in [9.17, 15) is 5.26 Å². The number of hydrogen-bond donors (Lipinski definition) is 0. The van der Waals surface area contributed by atoms with Gasteiger partial charge in [0.2, 0.25) is 0 Å². The third-order valence-corrected chi connectivity index (χ3v) is 12.6. The molecule has 62 heavy (non-hydrogen) atoms. The number of nitriles is 1. The molecule has 0 saturated heterocycles. The molecule has 9 aromatic carbocycles. The fourth-order valence-corrected chi connectivity index (χ4v) is 10.00. The summed E-state index contributed by atoms with van der Waals surface area (Å²) in [6, 6.07) is 76.7. The largest absolute Gasteiger partial charge is 0.457 e. The third kappa shape index (κ3) is 5.32. The zero-order chi connectivity index (χ0) is 41.2. The van der Waals surface area contributed by atoms with Crippen LogP contribution in [0.1, 0.15) is 27.8 Å². The Morgan fingerprint density at radius 2 is 0.903 bits per heavy atom. The first kappa shape index (κ1) is 35.5. The summed E-state index contributed by atoms with van der Waals surface area (Å²) in [5.41, 5.74) is 16.0. The van der Waals surface area contributed by atoms with Crippen molar-refractivity contribution in [2.45, 2.75) is 5.41 Å². The van der Waals surface area contributed by atoms with E-state index in [4.69, 9.17) is 14.7 Å². The zero-order valence-corrected chi connectivity index (χ0v) is 33.5. The van der Waals surface area contributed by atoms with Gasteiger partial charge in [-0.1, -0.05) is 182 Å². The van der Waals surface area contributed by atoms with Gasteiger partial charge in [-0.15, -0.1) is 0 Å². The summed E-state index contributed by atoms with van der Waals surface area (Å²) in [7, 11) is 0. The van der Waals surface area contributed by atoms with Crippen molar-refractivity contribution in [1.29, 1.82) is 5.26 Å². The summed E-state index contributed by atoms with van der Waals surface area (Å²) in [5.74, 6) is 2.37. The minimum atomic E-state index is -0.677. The average molecular weight is 790 g/mol. The van der Waals surface area contributed by atoms with Gasteiger partial charge in [-0.3, -0.25) is 0 Å². The summed E-state index contributed by atoms with van der Waals surface area (Å²) in [6.07, 6.45) is 0. The molecule has 12 rings (SSSR count). The van der Waals surface area contributed by atoms with Crippen molar-refractivity contribution in [3.05, 3.63) is 240 Å². The third-order valence-electron chi connectivity index (χ3n) is 12.6. The lowest BCUT2D eigenvalue weighted by atomic mass is 9.66. The molecule has 288 valence electrons. The molecule has 0 amide bonds. The van der Waals surface area contributed by atoms with Gasteiger partial charge in [-0.05, 0) is 80.2 Å². The Hall–Kier alpha value is -8.39. The maximum Gasteiger partial charge on any atom is 0.160 e. The van der Waals surface area contributed by atoms with Crippen LogP contribution in [0.3, 0.4) is 0 Å². The minimum absolute atomic E-state index is 0.661. The maximum atomic E-state index is 10.2. The van der Waals surface area contributed by atoms with Crippen molar-refractivity contribution in [3.63, 3.8) is 0 Å². The standard InChI is InChI=1S/C58H35N3O/c59-36-41-32-33-45(44-23-8-7-22-42(41)44)46-25-15-29-50-56(46)55-43(24-14-28-49(55)58(50)47-26-9-11-30-53(47)62-54-31-12-10-27-48(54)58)39-20-13-21-40(34-39)52-35-51(37-16-3-1-4-17-37)60-57(61-52)38-18-5-2-6-19-38/h1-35H. The fraction of sp³-hybridized carbons (Fsp3) is 0.0172. The molecule has 2 aliphatic rings. The first-order valence-corrected chi connectivity index (χ1v) is 20.9. The zero-order valence-electron chi connectivity index (χ0n) is 33.5. The van der Waals surface area contributed by atoms with Crippen LogP contribution in [-0.4, -0.2) is 9.97 Å². The van der Waals surface area contributed by atoms with E-state index in [-0.39, 0.29) is 0 Å². The van der Waals surface area contributed by atoms with E-state index in [1.807, 2.05) is 48.5 Å². The highest BCUT2D eigenvalue weighted by Crippen LogP contribution is 2.65. The van der Waals surface area contributed by atoms with Gasteiger partial charge in [0.1, 0.15) is 11.5 Å². The number of benzene rings is 9. The van der Waals surface area contributed by atoms with Gasteiger partial charge in [-0.2, -0.15) is 5.26 Å². The quantitative estimate of drug-likeness (QED) is 0.174. The highest BCUT2D eigenvalue weighted by atomic mass is 16.5. The van der Waals surface area contributed by atoms with Crippen molar-refractivity contribution in [2.24, 2.45) is 0 Å². The average Bonchev–Trinajstić information content (AvgIpc) is 3.65. The SMILES string of the molecule is N#Cc1ccc(-c2cccc3c2-c2c(-c4cccc(-c5cc(-c6ccccc6)nc(-c6ccccc6)n5)c4)cccc2C32c3ccccc3Oc3ccccc32)c2ccccc12. The van der Waals surface area contributed by atoms with Crippen LogP contribution in [0, 0.1) is 11.3 Å². The lowest BCUT2D eigenvalue weighted by molar-refractivity contribution is 0.436. The van der Waals surface area contributed by atoms with E-state index < -0.39 is 5.41 Å². The van der Waals surface area contributed by atoms with Gasteiger partial charge in [0, 0.05) is 33.2 Å². The van der Waals surface area contributed by atoms with Gasteiger partial charge in [0.05, 0.1) is 28.4 Å². The molecule has 10 aromatic rings. The van der Waals surface area contributed by atoms with Gasteiger partial charge >= 0.3 is 0 Å². The Morgan fingerprint density at radius 1 is 0.387 bits per heavy atom. The maximum absolute atomic E-state index is 10.2. The molecule has 0 unspecified atom stereocenters. The molecule has 1 aliphatic carbocycles. The van der Waals surface area contributed by atoms with E-state index in [2.05, 4.69) is 170 Å². The number of rotatable bonds is 5. The number of hydrogen-bond acceptors (Lipinski definition) is 4. The summed E-state index contributed by atoms with van der Waals surface area (Å²) >= 11 is 0. The second-order valence-corrected chi connectivity index (χ2v) is 15.9. The molecule has 4 nitrogen and oxygen atoms in total. The van der Waals surface area contributed by atoms with Crippen molar-refractivity contribution in [3.8, 4) is 84.9 Å². The highest BCUT2D eigenvalue weighted by molar-refractivity contribution is 6.08. The van der Waals surface area contributed by atoms with Crippen LogP contribution in [0.4, 0.5) is 0 Å². The molecule has 1 aromatic heterocycles. The molecule has 0 saturated carbocycles. The highest BCUT2D eigenvalue weighted by Gasteiger charge is 2.52. The van der Waals surface area contributed by atoms with Crippen molar-refractivity contribution < 1.29 is 4.74 Å². The van der Waals surface area contributed by atoms with Crippen molar-refractivity contribution in [1.82, 2.24) is 9.97 Å². The van der Waals surface area contributed by atoms with Gasteiger partial charge < -0.3 is 4.74 Å². The lowest BCUT2D eigenvalue weighted by Crippen LogP contribution is -2.32. The molecule has 1 spiro atoms. The topological polar surface area (TPSA) is 58.8 Å². The molecule has 0 N–H and O–H groups in total. The lowest BCUT2D eigenvalue weighted by Gasteiger charge is -2.39. The van der Waals surface area contributed by atoms with Crippen LogP contribution >= 0.6 is 0 Å². The molecule has 0 bridgehead atoms. The molecule has 0 radical (unpaired) electrons. The minimum Gasteiger partial charge on any atom is -0.457 e. The van der Waals surface area contributed by atoms with E-state index in [1.54, 1.807) is 0 Å². The Balaban J connectivity index is 1.14. The second-order valence-electron chi connectivity index (χ2n) is 15.9. The summed E-state index contributed by atoms with van der Waals surface area (Å²) in [4.78, 5) is 10.3. The number of para-hydroxylation sites is 2. The number of ether oxygens (including phenoxy) is 1. The van der Waals surface area contributed by atoms with Gasteiger partial charge in [0.15, 0.2) is 5.82 Å². The Bertz CT molecular complexity index is 3360. The monoisotopic (exact) mass is 789 g/mol. The van der Waals surface area contributed by atoms with Crippen LogP contribution in [0.5, 0.6) is 11.5 Å². The van der Waals surface area contributed by atoms with Crippen LogP contribution < -0.4 is 4.74 Å². The van der Waals surface area contributed by atoms with Crippen LogP contribution in [-0.2, 0) is 5.41 Å². The van der Waals surface area contributed by atoms with E-state index in [0.29, 0.717) is 11.4 Å². The fourth-order valence-electron chi connectivity index (χ4n) is 10.00. The Kier molecular flexibility index (Phi) is 8.10. The van der Waals surface area contributed by atoms with Gasteiger partial charge in [0.25, 0.3) is 0 Å². The number of nitrogens with zero attached hydrogens (tertiary/aromatic N) is 3. The van der Waals surface area contributed by atoms with Crippen LogP contribution in [0.15, 0.2) is 212 Å². The predicted octanol–water partition coefficient (Wildman–Crippen LogP) is 14.3. The second kappa shape index (κ2) is 14.1. The normalized spacial score (nSPS) is 12.8. The Labute approximate surface area is 359 Å². The van der Waals surface area contributed by atoms with Crippen molar-refractivity contribution in [2.75, 3.05) is 0 Å². The number of aromatic nitrogens is 2. The first-order chi connectivity index (χ1) is 30.7. The summed E-state index contributed by atoms with van der Waals surface area (Å²) in [5, 5.41) is 12.2. The Morgan fingerprint density at radius 3 is 1.60 bits per heavy atom. The molecule has 2 heterocycles. The van der Waals surface area contributed by atoms with E-state index in [0.717, 1.165) is 83.7 Å². The smallest absolute Gasteiger partial charge is 0.160 e. The summed E-state index contributed by atoms with van der Waals surface area (Å²) < 4.78 is 6.71. The number of fused-ring (bicyclic) bond motifs is 10.